The Morgan fingerprint density at radius 3 is 1.02 bits per heavy atom. The third-order valence-electron chi connectivity index (χ3n) is 5.46. The molecule has 0 aliphatic carbocycles. The molecule has 0 unspecified atom stereocenters. The van der Waals surface area contributed by atoms with Crippen molar-refractivity contribution in [2.45, 2.75) is 34.1 Å². The van der Waals surface area contributed by atoms with Crippen LogP contribution in [0.1, 0.15) is 38.8 Å². The van der Waals surface area contributed by atoms with Gasteiger partial charge in [-0.2, -0.15) is 0 Å². The molecule has 12 heteroatoms. The molecule has 0 spiro atoms. The molecule has 0 aliphatic rings. The molecule has 0 saturated carbocycles. The molecule has 0 heterocycles. The van der Waals surface area contributed by atoms with Crippen molar-refractivity contribution in [1.29, 1.82) is 0 Å². The van der Waals surface area contributed by atoms with Crippen LogP contribution in [0.5, 0.6) is 0 Å². The van der Waals surface area contributed by atoms with E-state index in [1.165, 1.54) is 0 Å². The summed E-state index contributed by atoms with van der Waals surface area (Å²) < 4.78 is 19.3. The number of carbonyl (C=O) groups is 6. The predicted molar refractivity (Wildman–Crippen MR) is 146 cm³/mol. The van der Waals surface area contributed by atoms with Crippen molar-refractivity contribution in [2.75, 3.05) is 37.1 Å². The van der Waals surface area contributed by atoms with Crippen LogP contribution in [0.3, 0.4) is 0 Å². The quantitative estimate of drug-likeness (QED) is 0.196. The van der Waals surface area contributed by atoms with Gasteiger partial charge in [-0.15, -0.1) is 0 Å². The molecule has 0 bridgehead atoms. The van der Waals surface area contributed by atoms with Crippen LogP contribution in [-0.2, 0) is 54.1 Å². The minimum Gasteiger partial charge on any atom is -0.465 e. The fourth-order valence-electron chi connectivity index (χ4n) is 3.60. The Morgan fingerprint density at radius 2 is 0.780 bits per heavy atom. The maximum atomic E-state index is 12.6. The van der Waals surface area contributed by atoms with Crippen molar-refractivity contribution in [3.05, 3.63) is 59.7 Å². The number of hydrogen-bond donors (Lipinski definition) is 2. The van der Waals surface area contributed by atoms with Gasteiger partial charge in [0.05, 0.1) is 26.4 Å². The molecule has 2 aromatic carbocycles. The fourth-order valence-corrected chi connectivity index (χ4v) is 3.60. The number of ether oxygens (including phenoxy) is 4. The molecule has 0 saturated heterocycles. The third kappa shape index (κ3) is 9.75. The smallest absolute Gasteiger partial charge is 0.330 e. The Labute approximate surface area is 237 Å². The standard InChI is InChI=1S/C29H34N2O10/c1-5-38-26(34)22(27(35)39-6-2)24(32)30-20-13-9-18(10-14-20)17-19-11-15-21(16-12-19)31-25(33)23(28(36)40-7-3)29(37)41-8-4/h9-16,22-23H,5-8,17H2,1-4H3,(H,30,32)(H,31,33). The predicted octanol–water partition coefficient (Wildman–Crippen LogP) is 2.64. The van der Waals surface area contributed by atoms with Crippen molar-refractivity contribution in [2.24, 2.45) is 11.8 Å². The van der Waals surface area contributed by atoms with Crippen LogP contribution in [0.2, 0.25) is 0 Å². The van der Waals surface area contributed by atoms with Crippen molar-refractivity contribution < 1.29 is 47.7 Å². The second-order valence-electron chi connectivity index (χ2n) is 8.42. The summed E-state index contributed by atoms with van der Waals surface area (Å²) >= 11 is 0. The average molecular weight is 571 g/mol. The molecular formula is C29H34N2O10. The molecule has 12 nitrogen and oxygen atoms in total. The van der Waals surface area contributed by atoms with Gasteiger partial charge < -0.3 is 29.6 Å². The summed E-state index contributed by atoms with van der Waals surface area (Å²) in [5.74, 6) is -9.15. The van der Waals surface area contributed by atoms with Gasteiger partial charge in [0.15, 0.2) is 0 Å². The summed E-state index contributed by atoms with van der Waals surface area (Å²) in [5, 5.41) is 5.06. The van der Waals surface area contributed by atoms with E-state index in [2.05, 4.69) is 10.6 Å². The maximum absolute atomic E-state index is 12.6. The highest BCUT2D eigenvalue weighted by atomic mass is 16.6. The first kappa shape index (κ1) is 32.5. The summed E-state index contributed by atoms with van der Waals surface area (Å²) in [7, 11) is 0. The number of rotatable bonds is 14. The summed E-state index contributed by atoms with van der Waals surface area (Å²) in [6, 6.07) is 13.5. The summed E-state index contributed by atoms with van der Waals surface area (Å²) in [6.45, 7) is 6.28. The first-order chi connectivity index (χ1) is 19.6. The highest BCUT2D eigenvalue weighted by Gasteiger charge is 2.38. The van der Waals surface area contributed by atoms with E-state index < -0.39 is 47.5 Å². The lowest BCUT2D eigenvalue weighted by Gasteiger charge is -2.15. The van der Waals surface area contributed by atoms with Crippen molar-refractivity contribution in [3.63, 3.8) is 0 Å². The minimum atomic E-state index is -1.74. The van der Waals surface area contributed by atoms with Gasteiger partial charge in [-0.1, -0.05) is 24.3 Å². The third-order valence-corrected chi connectivity index (χ3v) is 5.46. The van der Waals surface area contributed by atoms with Crippen LogP contribution in [0.4, 0.5) is 11.4 Å². The van der Waals surface area contributed by atoms with E-state index in [-0.39, 0.29) is 26.4 Å². The van der Waals surface area contributed by atoms with Gasteiger partial charge in [-0.3, -0.25) is 28.8 Å². The Morgan fingerprint density at radius 1 is 0.512 bits per heavy atom. The Hall–Kier alpha value is -4.74. The normalized spacial score (nSPS) is 10.5. The molecule has 0 aromatic heterocycles. The molecule has 2 aromatic rings. The van der Waals surface area contributed by atoms with Crippen LogP contribution in [0.15, 0.2) is 48.5 Å². The lowest BCUT2D eigenvalue weighted by atomic mass is 10.0. The second kappa shape index (κ2) is 16.4. The van der Waals surface area contributed by atoms with E-state index in [0.29, 0.717) is 17.8 Å². The zero-order valence-corrected chi connectivity index (χ0v) is 23.4. The molecule has 2 N–H and O–H groups in total. The number of hydrogen-bond acceptors (Lipinski definition) is 10. The highest BCUT2D eigenvalue weighted by Crippen LogP contribution is 2.18. The number of esters is 4. The first-order valence-corrected chi connectivity index (χ1v) is 13.1. The van der Waals surface area contributed by atoms with Crippen LogP contribution < -0.4 is 10.6 Å². The number of anilines is 2. The molecule has 0 fully saturated rings. The van der Waals surface area contributed by atoms with Gasteiger partial charge in [0, 0.05) is 11.4 Å². The van der Waals surface area contributed by atoms with Crippen LogP contribution >= 0.6 is 0 Å². The highest BCUT2D eigenvalue weighted by molar-refractivity contribution is 6.19. The Balaban J connectivity index is 2.03. The number of benzene rings is 2. The van der Waals surface area contributed by atoms with Gasteiger partial charge in [-0.25, -0.2) is 0 Å². The van der Waals surface area contributed by atoms with Gasteiger partial charge in [0.25, 0.3) is 0 Å². The van der Waals surface area contributed by atoms with Gasteiger partial charge in [0.1, 0.15) is 0 Å². The molecule has 0 aliphatic heterocycles. The van der Waals surface area contributed by atoms with Crippen LogP contribution in [0.25, 0.3) is 0 Å². The zero-order valence-electron chi connectivity index (χ0n) is 23.4. The molecule has 220 valence electrons. The van der Waals surface area contributed by atoms with E-state index in [4.69, 9.17) is 18.9 Å². The van der Waals surface area contributed by atoms with Crippen molar-refractivity contribution in [3.8, 4) is 0 Å². The molecule has 0 atom stereocenters. The fraction of sp³-hybridized carbons (Fsp3) is 0.379. The van der Waals surface area contributed by atoms with Gasteiger partial charge in [-0.05, 0) is 69.5 Å². The topological polar surface area (TPSA) is 163 Å². The number of amides is 2. The van der Waals surface area contributed by atoms with Crippen LogP contribution in [0, 0.1) is 11.8 Å². The van der Waals surface area contributed by atoms with E-state index in [1.807, 2.05) is 0 Å². The zero-order chi connectivity index (χ0) is 30.4. The van der Waals surface area contributed by atoms with E-state index >= 15 is 0 Å². The lowest BCUT2D eigenvalue weighted by molar-refractivity contribution is -0.166. The largest absolute Gasteiger partial charge is 0.465 e. The molecule has 41 heavy (non-hydrogen) atoms. The number of carbonyl (C=O) groups excluding carboxylic acids is 6. The summed E-state index contributed by atoms with van der Waals surface area (Å²) in [6.07, 6.45) is 0.505. The van der Waals surface area contributed by atoms with Crippen molar-refractivity contribution in [1.82, 2.24) is 0 Å². The second-order valence-corrected chi connectivity index (χ2v) is 8.42. The summed E-state index contributed by atoms with van der Waals surface area (Å²) in [4.78, 5) is 73.8. The molecular weight excluding hydrogens is 536 g/mol. The van der Waals surface area contributed by atoms with Crippen molar-refractivity contribution >= 4 is 47.1 Å². The van der Waals surface area contributed by atoms with E-state index in [9.17, 15) is 28.8 Å². The average Bonchev–Trinajstić information content (AvgIpc) is 2.92. The van der Waals surface area contributed by atoms with Gasteiger partial charge in [0.2, 0.25) is 23.7 Å². The monoisotopic (exact) mass is 570 g/mol. The Bertz CT molecular complexity index is 1090. The van der Waals surface area contributed by atoms with Crippen LogP contribution in [-0.4, -0.2) is 62.1 Å². The first-order valence-electron chi connectivity index (χ1n) is 13.1. The summed E-state index contributed by atoms with van der Waals surface area (Å²) in [5.41, 5.74) is 2.51. The molecule has 2 amide bonds. The Kier molecular flexibility index (Phi) is 13.0. The molecule has 2 rings (SSSR count). The SMILES string of the molecule is CCOC(=O)C(C(=O)Nc1ccc(Cc2ccc(NC(=O)C(C(=O)OCC)C(=O)OCC)cc2)cc1)C(=O)OCC. The van der Waals surface area contributed by atoms with E-state index in [0.717, 1.165) is 11.1 Å². The molecule has 0 radical (unpaired) electrons. The lowest BCUT2D eigenvalue weighted by Crippen LogP contribution is -2.38. The minimum absolute atomic E-state index is 0.00572. The van der Waals surface area contributed by atoms with Gasteiger partial charge >= 0.3 is 23.9 Å². The number of nitrogens with one attached hydrogen (secondary N) is 2. The van der Waals surface area contributed by atoms with E-state index in [1.54, 1.807) is 76.2 Å². The maximum Gasteiger partial charge on any atom is 0.330 e.